The molecule has 2 unspecified atom stereocenters. The number of amides is 1. The predicted molar refractivity (Wildman–Crippen MR) is 80.1 cm³/mol. The summed E-state index contributed by atoms with van der Waals surface area (Å²) in [7, 11) is 1.93. The van der Waals surface area contributed by atoms with Gasteiger partial charge in [-0.05, 0) is 32.9 Å². The SMILES string of the molecule is CNCC1CCCN1C(=O)C(C)n1cccn1.Cl.Cl. The molecule has 1 saturated heterocycles. The van der Waals surface area contributed by atoms with Gasteiger partial charge >= 0.3 is 0 Å². The second-order valence-electron chi connectivity index (χ2n) is 4.55. The van der Waals surface area contributed by atoms with Gasteiger partial charge in [0.05, 0.1) is 0 Å². The molecule has 1 aliphatic rings. The Labute approximate surface area is 126 Å². The maximum Gasteiger partial charge on any atom is 0.247 e. The largest absolute Gasteiger partial charge is 0.337 e. The van der Waals surface area contributed by atoms with Crippen LogP contribution in [0, 0.1) is 0 Å². The highest BCUT2D eigenvalue weighted by Gasteiger charge is 2.31. The van der Waals surface area contributed by atoms with Gasteiger partial charge in [0, 0.05) is 31.5 Å². The van der Waals surface area contributed by atoms with Crippen molar-refractivity contribution in [2.75, 3.05) is 20.1 Å². The van der Waals surface area contributed by atoms with Crippen LogP contribution in [0.15, 0.2) is 18.5 Å². The number of likely N-dealkylation sites (tertiary alicyclic amines) is 1. The molecule has 1 fully saturated rings. The van der Waals surface area contributed by atoms with Gasteiger partial charge in [0.1, 0.15) is 6.04 Å². The van der Waals surface area contributed by atoms with Gasteiger partial charge in [-0.3, -0.25) is 9.48 Å². The van der Waals surface area contributed by atoms with Crippen molar-refractivity contribution in [1.82, 2.24) is 20.0 Å². The standard InChI is InChI=1S/C12H20N4O.2ClH/c1-10(16-8-4-6-14-16)12(17)15-7-3-5-11(15)9-13-2;;/h4,6,8,10-11,13H,3,5,7,9H2,1-2H3;2*1H. The van der Waals surface area contributed by atoms with E-state index < -0.39 is 0 Å². The summed E-state index contributed by atoms with van der Waals surface area (Å²) < 4.78 is 1.72. The minimum absolute atomic E-state index is 0. The molecule has 110 valence electrons. The number of rotatable bonds is 4. The molecule has 5 nitrogen and oxygen atoms in total. The predicted octanol–water partition coefficient (Wildman–Crippen LogP) is 1.50. The summed E-state index contributed by atoms with van der Waals surface area (Å²) in [5, 5.41) is 7.29. The van der Waals surface area contributed by atoms with E-state index in [1.165, 1.54) is 0 Å². The van der Waals surface area contributed by atoms with Crippen LogP contribution in [0.25, 0.3) is 0 Å². The average molecular weight is 309 g/mol. The summed E-state index contributed by atoms with van der Waals surface area (Å²) >= 11 is 0. The Morgan fingerprint density at radius 1 is 1.53 bits per heavy atom. The van der Waals surface area contributed by atoms with E-state index in [1.807, 2.05) is 31.1 Å². The molecule has 1 aromatic heterocycles. The van der Waals surface area contributed by atoms with E-state index >= 15 is 0 Å². The molecular formula is C12H22Cl2N4O. The topological polar surface area (TPSA) is 50.2 Å². The molecule has 2 atom stereocenters. The summed E-state index contributed by atoms with van der Waals surface area (Å²) in [5.41, 5.74) is 0. The minimum atomic E-state index is -0.206. The zero-order valence-electron chi connectivity index (χ0n) is 11.3. The van der Waals surface area contributed by atoms with E-state index in [2.05, 4.69) is 10.4 Å². The van der Waals surface area contributed by atoms with Crippen molar-refractivity contribution < 1.29 is 4.79 Å². The molecule has 2 heterocycles. The third kappa shape index (κ3) is 4.09. The van der Waals surface area contributed by atoms with Crippen molar-refractivity contribution in [3.8, 4) is 0 Å². The summed E-state index contributed by atoms with van der Waals surface area (Å²) in [5.74, 6) is 0.173. The Bertz CT molecular complexity index is 372. The molecule has 1 aliphatic heterocycles. The van der Waals surface area contributed by atoms with E-state index in [1.54, 1.807) is 10.9 Å². The fourth-order valence-corrected chi connectivity index (χ4v) is 2.44. The van der Waals surface area contributed by atoms with Crippen molar-refractivity contribution in [3.63, 3.8) is 0 Å². The molecule has 1 amide bonds. The molecule has 19 heavy (non-hydrogen) atoms. The van der Waals surface area contributed by atoms with Crippen molar-refractivity contribution in [2.45, 2.75) is 31.8 Å². The van der Waals surface area contributed by atoms with Gasteiger partial charge < -0.3 is 10.2 Å². The lowest BCUT2D eigenvalue weighted by Crippen LogP contribution is -2.43. The molecular weight excluding hydrogens is 287 g/mol. The van der Waals surface area contributed by atoms with Crippen LogP contribution < -0.4 is 5.32 Å². The molecule has 0 saturated carbocycles. The van der Waals surface area contributed by atoms with E-state index in [0.717, 1.165) is 25.9 Å². The van der Waals surface area contributed by atoms with Crippen molar-refractivity contribution in [3.05, 3.63) is 18.5 Å². The van der Waals surface area contributed by atoms with Gasteiger partial charge in [-0.25, -0.2) is 0 Å². The quantitative estimate of drug-likeness (QED) is 0.917. The first kappa shape index (κ1) is 18.2. The molecule has 1 N–H and O–H groups in total. The lowest BCUT2D eigenvalue weighted by molar-refractivity contribution is -0.135. The van der Waals surface area contributed by atoms with E-state index in [4.69, 9.17) is 0 Å². The Balaban J connectivity index is 0.00000162. The van der Waals surface area contributed by atoms with Crippen LogP contribution in [-0.4, -0.2) is 46.8 Å². The van der Waals surface area contributed by atoms with Crippen LogP contribution in [0.3, 0.4) is 0 Å². The van der Waals surface area contributed by atoms with Crippen molar-refractivity contribution in [2.24, 2.45) is 0 Å². The molecule has 0 spiro atoms. The second kappa shape index (κ2) is 8.40. The summed E-state index contributed by atoms with van der Waals surface area (Å²) in [6, 6.07) is 1.98. The molecule has 0 aliphatic carbocycles. The first-order chi connectivity index (χ1) is 8.24. The van der Waals surface area contributed by atoms with Crippen LogP contribution >= 0.6 is 24.8 Å². The van der Waals surface area contributed by atoms with Gasteiger partial charge in [-0.2, -0.15) is 5.10 Å². The van der Waals surface area contributed by atoms with Crippen LogP contribution in [0.2, 0.25) is 0 Å². The number of hydrogen-bond donors (Lipinski definition) is 1. The maximum atomic E-state index is 12.4. The highest BCUT2D eigenvalue weighted by molar-refractivity contribution is 5.85. The average Bonchev–Trinajstić information content (AvgIpc) is 2.98. The van der Waals surface area contributed by atoms with Crippen LogP contribution in [0.4, 0.5) is 0 Å². The number of carbonyl (C=O) groups is 1. The van der Waals surface area contributed by atoms with Gasteiger partial charge in [0.2, 0.25) is 5.91 Å². The summed E-state index contributed by atoms with van der Waals surface area (Å²) in [6.07, 6.45) is 5.74. The maximum absolute atomic E-state index is 12.4. The first-order valence-electron chi connectivity index (χ1n) is 6.18. The Morgan fingerprint density at radius 3 is 2.84 bits per heavy atom. The Morgan fingerprint density at radius 2 is 2.26 bits per heavy atom. The Hall–Kier alpha value is -0.780. The van der Waals surface area contributed by atoms with Gasteiger partial charge in [-0.1, -0.05) is 0 Å². The van der Waals surface area contributed by atoms with Crippen LogP contribution in [-0.2, 0) is 4.79 Å². The number of halogens is 2. The van der Waals surface area contributed by atoms with E-state index in [0.29, 0.717) is 6.04 Å². The van der Waals surface area contributed by atoms with Crippen LogP contribution in [0.5, 0.6) is 0 Å². The second-order valence-corrected chi connectivity index (χ2v) is 4.55. The zero-order chi connectivity index (χ0) is 12.3. The third-order valence-electron chi connectivity index (χ3n) is 3.38. The van der Waals surface area contributed by atoms with Gasteiger partial charge in [0.15, 0.2) is 0 Å². The van der Waals surface area contributed by atoms with E-state index in [-0.39, 0.29) is 36.8 Å². The highest BCUT2D eigenvalue weighted by atomic mass is 35.5. The fraction of sp³-hybridized carbons (Fsp3) is 0.667. The van der Waals surface area contributed by atoms with Gasteiger partial charge in [-0.15, -0.1) is 24.8 Å². The molecule has 7 heteroatoms. The molecule has 0 bridgehead atoms. The third-order valence-corrected chi connectivity index (χ3v) is 3.38. The number of nitrogens with zero attached hydrogens (tertiary/aromatic N) is 3. The number of aromatic nitrogens is 2. The number of nitrogens with one attached hydrogen (secondary N) is 1. The zero-order valence-corrected chi connectivity index (χ0v) is 12.9. The number of carbonyl (C=O) groups excluding carboxylic acids is 1. The smallest absolute Gasteiger partial charge is 0.247 e. The summed E-state index contributed by atoms with van der Waals surface area (Å²) in [4.78, 5) is 14.4. The summed E-state index contributed by atoms with van der Waals surface area (Å²) in [6.45, 7) is 3.65. The molecule has 0 aromatic carbocycles. The lowest BCUT2D eigenvalue weighted by Gasteiger charge is -2.27. The fourth-order valence-electron chi connectivity index (χ4n) is 2.44. The van der Waals surface area contributed by atoms with E-state index in [9.17, 15) is 4.79 Å². The minimum Gasteiger partial charge on any atom is -0.337 e. The van der Waals surface area contributed by atoms with Crippen molar-refractivity contribution in [1.29, 1.82) is 0 Å². The highest BCUT2D eigenvalue weighted by Crippen LogP contribution is 2.20. The van der Waals surface area contributed by atoms with Gasteiger partial charge in [0.25, 0.3) is 0 Å². The van der Waals surface area contributed by atoms with Crippen molar-refractivity contribution >= 4 is 30.7 Å². The molecule has 0 radical (unpaired) electrons. The lowest BCUT2D eigenvalue weighted by atomic mass is 10.2. The molecule has 1 aromatic rings. The normalized spacial score (nSPS) is 19.5. The Kier molecular flexibility index (Phi) is 8.06. The monoisotopic (exact) mass is 308 g/mol. The molecule has 2 rings (SSSR count). The number of hydrogen-bond acceptors (Lipinski definition) is 3. The van der Waals surface area contributed by atoms with Crippen LogP contribution in [0.1, 0.15) is 25.8 Å². The number of likely N-dealkylation sites (N-methyl/N-ethyl adjacent to an activating group) is 1. The first-order valence-corrected chi connectivity index (χ1v) is 6.18.